The lowest BCUT2D eigenvalue weighted by Gasteiger charge is -2.44. The highest BCUT2D eigenvalue weighted by molar-refractivity contribution is 7.50. The van der Waals surface area contributed by atoms with Crippen molar-refractivity contribution in [3.05, 3.63) is 0 Å². The Hall–Kier alpha value is 0.240. The molecule has 0 unspecified atom stereocenters. The molecule has 0 aromatic heterocycles. The van der Waals surface area contributed by atoms with Crippen LogP contribution >= 0.6 is 30.4 Å². The molecule has 202 valence electrons. The predicted molar refractivity (Wildman–Crippen MR) is 105 cm³/mol. The maximum atomic E-state index is 10.7. The summed E-state index contributed by atoms with van der Waals surface area (Å²) in [4.78, 5) is 85.9. The molecule has 0 aliphatic heterocycles. The van der Waals surface area contributed by atoms with Gasteiger partial charge in [0.1, 0.15) is 0 Å². The first-order valence-corrected chi connectivity index (χ1v) is 12.8. The minimum absolute atomic E-state index is 0. The molecule has 0 rings (SSSR count). The molecule has 0 radical (unpaired) electrons. The Labute approximate surface area is 179 Å². The van der Waals surface area contributed by atoms with Crippen LogP contribution in [0, 0.1) is 0 Å². The van der Waals surface area contributed by atoms with Crippen LogP contribution in [0.5, 0.6) is 0 Å². The summed E-state index contributed by atoms with van der Waals surface area (Å²) in [5.41, 5.74) is 0. The van der Waals surface area contributed by atoms with Crippen LogP contribution in [0.1, 0.15) is 0 Å². The monoisotopic (exact) mass is 554 g/mol. The SMILES string of the molecule is O=P([O-])([O-])CN(CCN(CP(=O)([O-])[O-])CP(=O)([O-])[O-])CP(=O)([O-])[O-].[NH4+].[NH4+].[NH4+].[NH4+].[NH4+].[NH4+].[NH4+]. The van der Waals surface area contributed by atoms with Crippen molar-refractivity contribution in [1.82, 2.24) is 52.9 Å². The summed E-state index contributed by atoms with van der Waals surface area (Å²) >= 11 is 0. The predicted octanol–water partition coefficient (Wildman–Crippen LogP) is -4.29. The van der Waals surface area contributed by atoms with Crippen molar-refractivity contribution >= 4 is 30.4 Å². The molecule has 0 atom stereocenters. The zero-order chi connectivity index (χ0) is 19.4. The molecular formula is C6H40N9O12P4-. The van der Waals surface area contributed by atoms with Crippen molar-refractivity contribution in [1.29, 1.82) is 0 Å². The van der Waals surface area contributed by atoms with Crippen molar-refractivity contribution in [3.63, 3.8) is 0 Å². The Bertz CT molecular complexity index is 503. The van der Waals surface area contributed by atoms with E-state index in [0.717, 1.165) is 0 Å². The number of nitrogens with zero attached hydrogens (tertiary/aromatic N) is 2. The summed E-state index contributed by atoms with van der Waals surface area (Å²) in [7, 11) is -21.2. The van der Waals surface area contributed by atoms with E-state index in [0.29, 0.717) is 9.80 Å². The molecule has 31 heavy (non-hydrogen) atoms. The summed E-state index contributed by atoms with van der Waals surface area (Å²) in [5.74, 6) is 0. The topological polar surface area (TPSA) is 515 Å². The Morgan fingerprint density at radius 1 is 0.387 bits per heavy atom. The summed E-state index contributed by atoms with van der Waals surface area (Å²) in [6.45, 7) is -1.55. The number of quaternary nitrogens is 7. The summed E-state index contributed by atoms with van der Waals surface area (Å²) in [6.07, 6.45) is -5.63. The van der Waals surface area contributed by atoms with Crippen molar-refractivity contribution in [3.8, 4) is 0 Å². The van der Waals surface area contributed by atoms with Crippen LogP contribution in [-0.2, 0) is 18.3 Å². The third-order valence-electron chi connectivity index (χ3n) is 2.23. The molecule has 0 aliphatic carbocycles. The summed E-state index contributed by atoms with van der Waals surface area (Å²) in [6, 6.07) is 0. The largest absolute Gasteiger partial charge is 0.810 e. The minimum atomic E-state index is -5.30. The normalized spacial score (nSPS) is 11.3. The zero-order valence-electron chi connectivity index (χ0n) is 18.8. The second kappa shape index (κ2) is 19.7. The van der Waals surface area contributed by atoms with E-state index < -0.39 is 68.6 Å². The molecule has 0 aromatic rings. The lowest BCUT2D eigenvalue weighted by Crippen LogP contribution is -2.43. The summed E-state index contributed by atoms with van der Waals surface area (Å²) in [5, 5.41) is 0. The fraction of sp³-hybridized carbons (Fsp3) is 1.00. The Kier molecular flexibility index (Phi) is 33.6. The molecule has 28 N–H and O–H groups in total. The highest BCUT2D eigenvalue weighted by Crippen LogP contribution is 2.32. The first-order valence-electron chi connectivity index (χ1n) is 5.85. The molecule has 0 saturated heterocycles. The molecule has 0 amide bonds. The molecule has 0 aromatic carbocycles. The maximum Gasteiger partial charge on any atom is 0.0264 e. The van der Waals surface area contributed by atoms with Crippen LogP contribution in [0.4, 0.5) is 0 Å². The van der Waals surface area contributed by atoms with Gasteiger partial charge >= 0.3 is 0 Å². The second-order valence-electron chi connectivity index (χ2n) is 4.80. The average molecular weight is 554 g/mol. The van der Waals surface area contributed by atoms with Gasteiger partial charge in [0.15, 0.2) is 0 Å². The molecule has 21 nitrogen and oxygen atoms in total. The molecule has 0 saturated carbocycles. The zero-order valence-corrected chi connectivity index (χ0v) is 22.4. The molecule has 0 fully saturated rings. The lowest BCUT2D eigenvalue weighted by molar-refractivity contribution is -0.322. The Morgan fingerprint density at radius 3 is 0.613 bits per heavy atom. The summed E-state index contributed by atoms with van der Waals surface area (Å²) < 4.78 is 42.7. The molecule has 0 aliphatic rings. The highest BCUT2D eigenvalue weighted by Gasteiger charge is 2.14. The first-order chi connectivity index (χ1) is 10.4. The van der Waals surface area contributed by atoms with Crippen molar-refractivity contribution in [2.24, 2.45) is 0 Å². The second-order valence-corrected chi connectivity index (χ2v) is 10.8. The molecule has 0 heterocycles. The van der Waals surface area contributed by atoms with Crippen LogP contribution in [0.15, 0.2) is 0 Å². The third kappa shape index (κ3) is 37.9. The van der Waals surface area contributed by atoms with Gasteiger partial charge in [-0.1, -0.05) is 30.4 Å². The standard InChI is InChI=1S/C6H20N2O12P4.7H3N/c9-21(10,11)3-7(4-22(12,13)14)1-2-8(5-23(15,16)17)6-24(18,19)20;;;;;;;/h1-6H2,(H2,9,10,11)(H2,12,13,14)(H2,15,16,17)(H2,18,19,20);7*1H3/p-1. The van der Waals surface area contributed by atoms with Crippen LogP contribution in [0.3, 0.4) is 0 Å². The quantitative estimate of drug-likeness (QED) is 0.119. The lowest BCUT2D eigenvalue weighted by atomic mass is 10.5. The van der Waals surface area contributed by atoms with Gasteiger partial charge in [-0.3, -0.25) is 9.80 Å². The molecule has 0 bridgehead atoms. The van der Waals surface area contributed by atoms with Gasteiger partial charge < -0.3 is 100 Å². The third-order valence-corrected chi connectivity index (χ3v) is 5.21. The number of hydrogen-bond acceptors (Lipinski definition) is 14. The molecule has 25 heteroatoms. The van der Waals surface area contributed by atoms with Gasteiger partial charge in [-0.2, -0.15) is 0 Å². The Morgan fingerprint density at radius 2 is 0.516 bits per heavy atom. The van der Waals surface area contributed by atoms with E-state index in [9.17, 15) is 57.4 Å². The maximum absolute atomic E-state index is 10.7. The molecular weight excluding hydrogens is 514 g/mol. The van der Waals surface area contributed by atoms with Gasteiger partial charge in [-0.05, 0) is 0 Å². The van der Waals surface area contributed by atoms with Crippen LogP contribution in [0.25, 0.3) is 0 Å². The van der Waals surface area contributed by atoms with Crippen LogP contribution in [-0.4, -0.2) is 48.0 Å². The number of hydrogen-bond donors (Lipinski definition) is 7. The van der Waals surface area contributed by atoms with Gasteiger partial charge in [0.2, 0.25) is 0 Å². The van der Waals surface area contributed by atoms with E-state index in [-0.39, 0.29) is 43.1 Å². The van der Waals surface area contributed by atoms with Gasteiger partial charge in [-0.25, -0.2) is 0 Å². The van der Waals surface area contributed by atoms with E-state index in [1.54, 1.807) is 0 Å². The fourth-order valence-electron chi connectivity index (χ4n) is 1.63. The van der Waals surface area contributed by atoms with E-state index >= 15 is 0 Å². The van der Waals surface area contributed by atoms with E-state index in [1.165, 1.54) is 0 Å². The van der Waals surface area contributed by atoms with Gasteiger partial charge in [0.25, 0.3) is 0 Å². The number of rotatable bonds is 11. The first kappa shape index (κ1) is 52.9. The highest BCUT2D eigenvalue weighted by atomic mass is 31.2. The smallest absolute Gasteiger partial charge is 0.0264 e. The van der Waals surface area contributed by atoms with Crippen molar-refractivity contribution in [2.45, 2.75) is 0 Å². The Balaban J connectivity index is -0.000000126. The van der Waals surface area contributed by atoms with Crippen molar-refractivity contribution < 1.29 is 57.4 Å². The van der Waals surface area contributed by atoms with Gasteiger partial charge in [-0.15, -0.1) is 0 Å². The average Bonchev–Trinajstić information content (AvgIpc) is 2.16. The van der Waals surface area contributed by atoms with Crippen LogP contribution < -0.4 is 82.2 Å². The fourth-order valence-corrected chi connectivity index (χ4v) is 4.88. The van der Waals surface area contributed by atoms with Gasteiger partial charge in [0.05, 0.1) is 0 Å². The van der Waals surface area contributed by atoms with Gasteiger partial charge in [0, 0.05) is 38.2 Å². The van der Waals surface area contributed by atoms with Crippen molar-refractivity contribution in [2.75, 3.05) is 38.2 Å². The minimum Gasteiger partial charge on any atom is -0.810 e. The molecule has 0 spiro atoms. The van der Waals surface area contributed by atoms with Crippen LogP contribution in [0.2, 0.25) is 0 Å². The van der Waals surface area contributed by atoms with E-state index in [4.69, 9.17) is 0 Å². The van der Waals surface area contributed by atoms with E-state index in [1.807, 2.05) is 0 Å². The van der Waals surface area contributed by atoms with E-state index in [2.05, 4.69) is 0 Å².